The molecule has 7 nitrogen and oxygen atoms in total. The number of sulfonamides is 1. The maximum absolute atomic E-state index is 13.9. The van der Waals surface area contributed by atoms with E-state index in [1.165, 1.54) is 17.0 Å². The van der Waals surface area contributed by atoms with Crippen LogP contribution in [0.1, 0.15) is 25.8 Å². The number of hydrogen-bond donors (Lipinski definition) is 1. The van der Waals surface area contributed by atoms with Crippen molar-refractivity contribution in [2.24, 2.45) is 0 Å². The highest BCUT2D eigenvalue weighted by Crippen LogP contribution is 2.28. The molecule has 0 radical (unpaired) electrons. The van der Waals surface area contributed by atoms with Crippen molar-refractivity contribution in [3.63, 3.8) is 0 Å². The molecule has 1 unspecified atom stereocenters. The van der Waals surface area contributed by atoms with Gasteiger partial charge in [0, 0.05) is 27.6 Å². The Morgan fingerprint density at radius 2 is 1.71 bits per heavy atom. The average molecular weight is 641 g/mol. The Hall–Kier alpha value is -2.59. The second kappa shape index (κ2) is 13.5. The Labute approximate surface area is 241 Å². The van der Waals surface area contributed by atoms with Gasteiger partial charge in [-0.2, -0.15) is 0 Å². The van der Waals surface area contributed by atoms with E-state index in [0.29, 0.717) is 32.3 Å². The maximum Gasteiger partial charge on any atom is 0.264 e. The first kappa shape index (κ1) is 30.0. The van der Waals surface area contributed by atoms with E-state index in [1.54, 1.807) is 67.6 Å². The van der Waals surface area contributed by atoms with Crippen LogP contribution in [0.25, 0.3) is 0 Å². The van der Waals surface area contributed by atoms with E-state index in [0.717, 1.165) is 10.7 Å². The fraction of sp³-hybridized carbons (Fsp3) is 0.259. The van der Waals surface area contributed by atoms with Gasteiger partial charge in [0.15, 0.2) is 0 Å². The normalized spacial score (nSPS) is 12.0. The number of nitrogens with zero attached hydrogens (tertiary/aromatic N) is 2. The van der Waals surface area contributed by atoms with Crippen LogP contribution in [-0.4, -0.2) is 44.3 Å². The Balaban J connectivity index is 2.03. The van der Waals surface area contributed by atoms with Crippen LogP contribution in [0.4, 0.5) is 5.69 Å². The van der Waals surface area contributed by atoms with Gasteiger partial charge in [-0.1, -0.05) is 76.4 Å². The number of carbonyl (C=O) groups is 2. The second-order valence-electron chi connectivity index (χ2n) is 8.53. The zero-order valence-electron chi connectivity index (χ0n) is 20.9. The minimum absolute atomic E-state index is 0.0206. The molecule has 11 heteroatoms. The van der Waals surface area contributed by atoms with Crippen molar-refractivity contribution >= 4 is 66.7 Å². The zero-order valence-corrected chi connectivity index (χ0v) is 24.8. The third-order valence-electron chi connectivity index (χ3n) is 5.78. The lowest BCUT2D eigenvalue weighted by Gasteiger charge is -2.32. The van der Waals surface area contributed by atoms with Gasteiger partial charge in [0.25, 0.3) is 10.0 Å². The number of benzene rings is 3. The molecule has 0 aliphatic heterocycles. The van der Waals surface area contributed by atoms with Crippen LogP contribution < -0.4 is 9.62 Å². The monoisotopic (exact) mass is 639 g/mol. The second-order valence-corrected chi connectivity index (χ2v) is 12.2. The van der Waals surface area contributed by atoms with Crippen LogP contribution in [0.2, 0.25) is 10.0 Å². The Bertz CT molecular complexity index is 1390. The van der Waals surface area contributed by atoms with Crippen molar-refractivity contribution in [1.29, 1.82) is 0 Å². The molecule has 0 bridgehead atoms. The highest BCUT2D eigenvalue weighted by atomic mass is 79.9. The summed E-state index contributed by atoms with van der Waals surface area (Å²) >= 11 is 15.8. The molecule has 0 aliphatic rings. The lowest BCUT2D eigenvalue weighted by molar-refractivity contribution is -0.139. The van der Waals surface area contributed by atoms with Gasteiger partial charge in [-0.25, -0.2) is 8.42 Å². The molecule has 0 heterocycles. The zero-order chi connectivity index (χ0) is 27.9. The fourth-order valence-corrected chi connectivity index (χ4v) is 5.97. The Morgan fingerprint density at radius 3 is 2.34 bits per heavy atom. The number of nitrogens with one attached hydrogen (secondary N) is 1. The average Bonchev–Trinajstić information content (AvgIpc) is 2.89. The smallest absolute Gasteiger partial charge is 0.264 e. The van der Waals surface area contributed by atoms with Crippen LogP contribution in [0, 0.1) is 0 Å². The molecule has 0 aromatic heterocycles. The lowest BCUT2D eigenvalue weighted by atomic mass is 10.1. The quantitative estimate of drug-likeness (QED) is 0.283. The minimum Gasteiger partial charge on any atom is -0.354 e. The largest absolute Gasteiger partial charge is 0.354 e. The number of carbonyl (C=O) groups excluding carboxylic acids is 2. The van der Waals surface area contributed by atoms with Crippen LogP contribution in [0.5, 0.6) is 0 Å². The fourth-order valence-electron chi connectivity index (χ4n) is 3.69. The van der Waals surface area contributed by atoms with Crippen molar-refractivity contribution in [3.05, 3.63) is 92.9 Å². The van der Waals surface area contributed by atoms with Crippen LogP contribution in [-0.2, 0) is 26.2 Å². The van der Waals surface area contributed by atoms with Crippen molar-refractivity contribution in [2.45, 2.75) is 37.8 Å². The summed E-state index contributed by atoms with van der Waals surface area (Å²) in [4.78, 5) is 28.1. The number of amides is 2. The summed E-state index contributed by atoms with van der Waals surface area (Å²) < 4.78 is 29.1. The molecule has 1 atom stereocenters. The number of anilines is 1. The molecule has 0 fully saturated rings. The van der Waals surface area contributed by atoms with Gasteiger partial charge in [-0.3, -0.25) is 13.9 Å². The maximum atomic E-state index is 13.9. The molecular formula is C27H28BrCl2N3O4S. The van der Waals surface area contributed by atoms with Crippen LogP contribution >= 0.6 is 39.1 Å². The van der Waals surface area contributed by atoms with E-state index < -0.39 is 28.5 Å². The van der Waals surface area contributed by atoms with Gasteiger partial charge < -0.3 is 10.2 Å². The SMILES string of the molecule is CCCNC(=O)C(C)N(Cc1ccc(Cl)cc1Cl)C(=O)CN(c1cccc(Br)c1)S(=O)(=O)c1ccccc1. The highest BCUT2D eigenvalue weighted by Gasteiger charge is 2.32. The lowest BCUT2D eigenvalue weighted by Crippen LogP contribution is -2.51. The highest BCUT2D eigenvalue weighted by molar-refractivity contribution is 9.10. The third-order valence-corrected chi connectivity index (χ3v) is 8.65. The first-order valence-corrected chi connectivity index (χ1v) is 14.9. The van der Waals surface area contributed by atoms with Crippen molar-refractivity contribution in [1.82, 2.24) is 10.2 Å². The molecule has 2 amide bonds. The molecule has 0 aliphatic carbocycles. The van der Waals surface area contributed by atoms with E-state index >= 15 is 0 Å². The van der Waals surface area contributed by atoms with E-state index in [-0.39, 0.29) is 17.3 Å². The van der Waals surface area contributed by atoms with E-state index in [4.69, 9.17) is 23.2 Å². The predicted octanol–water partition coefficient (Wildman–Crippen LogP) is 5.89. The van der Waals surface area contributed by atoms with Crippen LogP contribution in [0.3, 0.4) is 0 Å². The van der Waals surface area contributed by atoms with Gasteiger partial charge in [0.05, 0.1) is 10.6 Å². The molecule has 38 heavy (non-hydrogen) atoms. The standard InChI is InChI=1S/C27H28BrCl2N3O4S/c1-3-14-31-27(35)19(2)32(17-20-12-13-22(29)16-25(20)30)26(34)18-33(23-9-7-8-21(28)15-23)38(36,37)24-10-5-4-6-11-24/h4-13,15-16,19H,3,14,17-18H2,1-2H3,(H,31,35). The van der Waals surface area contributed by atoms with Crippen molar-refractivity contribution in [3.8, 4) is 0 Å². The van der Waals surface area contributed by atoms with Crippen molar-refractivity contribution < 1.29 is 18.0 Å². The summed E-state index contributed by atoms with van der Waals surface area (Å²) in [6, 6.07) is 18.5. The number of halogens is 3. The van der Waals surface area contributed by atoms with E-state index in [9.17, 15) is 18.0 Å². The molecule has 0 spiro atoms. The van der Waals surface area contributed by atoms with E-state index in [2.05, 4.69) is 21.2 Å². The van der Waals surface area contributed by atoms with Gasteiger partial charge in [0.2, 0.25) is 11.8 Å². The molecule has 3 aromatic carbocycles. The van der Waals surface area contributed by atoms with Gasteiger partial charge in [-0.15, -0.1) is 0 Å². The van der Waals surface area contributed by atoms with Gasteiger partial charge >= 0.3 is 0 Å². The van der Waals surface area contributed by atoms with Crippen LogP contribution in [0.15, 0.2) is 82.2 Å². The number of rotatable bonds is 11. The van der Waals surface area contributed by atoms with Crippen molar-refractivity contribution in [2.75, 3.05) is 17.4 Å². The summed E-state index contributed by atoms with van der Waals surface area (Å²) in [5, 5.41) is 3.56. The molecule has 0 saturated heterocycles. The molecular weight excluding hydrogens is 613 g/mol. The molecule has 202 valence electrons. The van der Waals surface area contributed by atoms with Gasteiger partial charge in [-0.05, 0) is 61.4 Å². The summed E-state index contributed by atoms with van der Waals surface area (Å²) in [6.45, 7) is 3.41. The Morgan fingerprint density at radius 1 is 1.00 bits per heavy atom. The summed E-state index contributed by atoms with van der Waals surface area (Å²) in [5.74, 6) is -0.931. The Kier molecular flexibility index (Phi) is 10.6. The third kappa shape index (κ3) is 7.50. The summed E-state index contributed by atoms with van der Waals surface area (Å²) in [7, 11) is -4.13. The first-order chi connectivity index (χ1) is 18.0. The topological polar surface area (TPSA) is 86.8 Å². The molecule has 0 saturated carbocycles. The molecule has 3 rings (SSSR count). The van der Waals surface area contributed by atoms with E-state index in [1.807, 2.05) is 6.92 Å². The minimum atomic E-state index is -4.13. The summed E-state index contributed by atoms with van der Waals surface area (Å²) in [5.41, 5.74) is 0.864. The number of hydrogen-bond acceptors (Lipinski definition) is 4. The predicted molar refractivity (Wildman–Crippen MR) is 155 cm³/mol. The first-order valence-electron chi connectivity index (χ1n) is 11.9. The van der Waals surface area contributed by atoms with Gasteiger partial charge in [0.1, 0.15) is 12.6 Å². The summed E-state index contributed by atoms with van der Waals surface area (Å²) in [6.07, 6.45) is 0.724. The molecule has 3 aromatic rings. The molecule has 1 N–H and O–H groups in total.